The molecule has 7 heteroatoms. The summed E-state index contributed by atoms with van der Waals surface area (Å²) >= 11 is 1.41. The highest BCUT2D eigenvalue weighted by molar-refractivity contribution is 7.16. The van der Waals surface area contributed by atoms with Crippen LogP contribution >= 0.6 is 11.3 Å². The number of hydrogen-bond donors (Lipinski definition) is 1. The number of fused-ring (bicyclic) bond motifs is 1. The molecule has 23 heavy (non-hydrogen) atoms. The largest absolute Gasteiger partial charge is 0.462 e. The molecule has 2 fully saturated rings. The van der Waals surface area contributed by atoms with Gasteiger partial charge in [0.15, 0.2) is 0 Å². The van der Waals surface area contributed by atoms with E-state index in [4.69, 9.17) is 4.74 Å². The number of amides is 2. The quantitative estimate of drug-likeness (QED) is 0.861. The van der Waals surface area contributed by atoms with Gasteiger partial charge in [-0.25, -0.2) is 9.59 Å². The molecule has 0 aliphatic carbocycles. The van der Waals surface area contributed by atoms with Gasteiger partial charge in [-0.3, -0.25) is 10.2 Å². The van der Waals surface area contributed by atoms with Crippen molar-refractivity contribution in [2.45, 2.75) is 32.7 Å². The average molecular weight is 337 g/mol. The van der Waals surface area contributed by atoms with Gasteiger partial charge < -0.3 is 9.64 Å². The van der Waals surface area contributed by atoms with Crippen molar-refractivity contribution in [2.24, 2.45) is 0 Å². The average Bonchev–Trinajstić information content (AvgIpc) is 3.13. The number of aryl methyl sites for hydroxylation is 1. The number of thiophene rings is 1. The first-order chi connectivity index (χ1) is 11.1. The molecule has 2 amide bonds. The molecule has 0 bridgehead atoms. The highest BCUT2D eigenvalue weighted by Gasteiger charge is 2.33. The first kappa shape index (κ1) is 16.3. The van der Waals surface area contributed by atoms with Gasteiger partial charge in [-0.15, -0.1) is 11.3 Å². The lowest BCUT2D eigenvalue weighted by Crippen LogP contribution is -2.53. The van der Waals surface area contributed by atoms with Crippen molar-refractivity contribution < 1.29 is 14.3 Å². The van der Waals surface area contributed by atoms with Gasteiger partial charge in [0.1, 0.15) is 5.00 Å². The first-order valence-electron chi connectivity index (χ1n) is 8.16. The van der Waals surface area contributed by atoms with Crippen LogP contribution in [0.3, 0.4) is 0 Å². The van der Waals surface area contributed by atoms with Crippen LogP contribution < -0.4 is 5.32 Å². The second-order valence-corrected chi connectivity index (χ2v) is 7.28. The van der Waals surface area contributed by atoms with Crippen molar-refractivity contribution >= 4 is 28.3 Å². The fourth-order valence-corrected chi connectivity index (χ4v) is 4.21. The smallest absolute Gasteiger partial charge is 0.341 e. The zero-order valence-corrected chi connectivity index (χ0v) is 14.4. The number of anilines is 1. The van der Waals surface area contributed by atoms with Gasteiger partial charge in [-0.1, -0.05) is 0 Å². The van der Waals surface area contributed by atoms with E-state index in [1.807, 2.05) is 11.8 Å². The van der Waals surface area contributed by atoms with Crippen LogP contribution in [0.2, 0.25) is 0 Å². The summed E-state index contributed by atoms with van der Waals surface area (Å²) in [4.78, 5) is 29.8. The molecule has 0 saturated carbocycles. The monoisotopic (exact) mass is 337 g/mol. The number of nitrogens with one attached hydrogen (secondary N) is 1. The third-order valence-electron chi connectivity index (χ3n) is 4.45. The molecule has 2 aliphatic heterocycles. The zero-order valence-electron chi connectivity index (χ0n) is 13.6. The first-order valence-corrected chi connectivity index (χ1v) is 8.97. The number of urea groups is 1. The van der Waals surface area contributed by atoms with Crippen LogP contribution in [0, 0.1) is 6.92 Å². The predicted octanol–water partition coefficient (Wildman–Crippen LogP) is 2.55. The minimum atomic E-state index is -0.382. The van der Waals surface area contributed by atoms with Gasteiger partial charge in [-0.2, -0.15) is 0 Å². The third kappa shape index (κ3) is 3.50. The summed E-state index contributed by atoms with van der Waals surface area (Å²) in [6.45, 7) is 7.61. The molecule has 6 nitrogen and oxygen atoms in total. The van der Waals surface area contributed by atoms with Gasteiger partial charge in [-0.05, 0) is 39.3 Å². The molecule has 126 valence electrons. The Kier molecular flexibility index (Phi) is 4.87. The Hall–Kier alpha value is -1.60. The van der Waals surface area contributed by atoms with Crippen molar-refractivity contribution in [1.29, 1.82) is 0 Å². The highest BCUT2D eigenvalue weighted by atomic mass is 32.1. The topological polar surface area (TPSA) is 61.9 Å². The second-order valence-electron chi connectivity index (χ2n) is 6.03. The number of rotatable bonds is 3. The molecule has 1 aromatic rings. The molecule has 0 spiro atoms. The van der Waals surface area contributed by atoms with E-state index < -0.39 is 0 Å². The van der Waals surface area contributed by atoms with Crippen LogP contribution in [0.4, 0.5) is 9.80 Å². The van der Waals surface area contributed by atoms with E-state index in [0.29, 0.717) is 23.2 Å². The molecule has 0 aromatic carbocycles. The number of nitrogens with zero attached hydrogens (tertiary/aromatic N) is 2. The fourth-order valence-electron chi connectivity index (χ4n) is 3.32. The normalized spacial score (nSPS) is 21.1. The molecule has 3 heterocycles. The third-order valence-corrected chi connectivity index (χ3v) is 5.41. The molecule has 3 rings (SSSR count). The summed E-state index contributed by atoms with van der Waals surface area (Å²) in [7, 11) is 0. The summed E-state index contributed by atoms with van der Waals surface area (Å²) in [5.41, 5.74) is 0.446. The van der Waals surface area contributed by atoms with Crippen LogP contribution in [0.5, 0.6) is 0 Å². The van der Waals surface area contributed by atoms with Crippen molar-refractivity contribution in [1.82, 2.24) is 9.80 Å². The van der Waals surface area contributed by atoms with E-state index in [1.54, 1.807) is 13.0 Å². The number of hydrogen-bond acceptors (Lipinski definition) is 5. The maximum Gasteiger partial charge on any atom is 0.341 e. The Bertz CT molecular complexity index is 601. The lowest BCUT2D eigenvalue weighted by Gasteiger charge is -2.37. The van der Waals surface area contributed by atoms with Gasteiger partial charge >= 0.3 is 12.0 Å². The van der Waals surface area contributed by atoms with Crippen molar-refractivity contribution in [3.05, 3.63) is 16.5 Å². The van der Waals surface area contributed by atoms with Crippen LogP contribution in [-0.4, -0.2) is 60.6 Å². The Morgan fingerprint density at radius 3 is 3.00 bits per heavy atom. The molecule has 1 atom stereocenters. The number of piperazine rings is 1. The number of carbonyl (C=O) groups is 2. The molecule has 2 saturated heterocycles. The van der Waals surface area contributed by atoms with Crippen molar-refractivity contribution in [3.8, 4) is 0 Å². The fraction of sp³-hybridized carbons (Fsp3) is 0.625. The van der Waals surface area contributed by atoms with E-state index in [-0.39, 0.29) is 12.0 Å². The van der Waals surface area contributed by atoms with Crippen LogP contribution in [0.25, 0.3) is 0 Å². The van der Waals surface area contributed by atoms with Gasteiger partial charge in [0.25, 0.3) is 0 Å². The molecular weight excluding hydrogens is 314 g/mol. The molecule has 1 aromatic heterocycles. The lowest BCUT2D eigenvalue weighted by molar-refractivity contribution is 0.0528. The standard InChI is InChI=1S/C16H23N3O3S/c1-3-22-15(20)13-9-11(2)23-14(13)17-16(21)19-8-7-18-6-4-5-12(18)10-19/h9,12H,3-8,10H2,1-2H3,(H,17,21). The van der Waals surface area contributed by atoms with E-state index in [1.165, 1.54) is 17.8 Å². The highest BCUT2D eigenvalue weighted by Crippen LogP contribution is 2.29. The minimum Gasteiger partial charge on any atom is -0.462 e. The Balaban J connectivity index is 1.67. The van der Waals surface area contributed by atoms with E-state index >= 15 is 0 Å². The summed E-state index contributed by atoms with van der Waals surface area (Å²) in [5.74, 6) is -0.382. The van der Waals surface area contributed by atoms with Crippen LogP contribution in [-0.2, 0) is 4.74 Å². The number of ether oxygens (including phenoxy) is 1. The molecule has 2 aliphatic rings. The maximum atomic E-state index is 12.5. The molecule has 1 unspecified atom stereocenters. The Labute approximate surface area is 140 Å². The van der Waals surface area contributed by atoms with Gasteiger partial charge in [0, 0.05) is 30.6 Å². The zero-order chi connectivity index (χ0) is 16.4. The van der Waals surface area contributed by atoms with Crippen LogP contribution in [0.1, 0.15) is 35.0 Å². The van der Waals surface area contributed by atoms with E-state index in [2.05, 4.69) is 10.2 Å². The Morgan fingerprint density at radius 1 is 1.39 bits per heavy atom. The summed E-state index contributed by atoms with van der Waals surface area (Å²) in [5, 5.41) is 3.49. The Morgan fingerprint density at radius 2 is 2.22 bits per heavy atom. The predicted molar refractivity (Wildman–Crippen MR) is 90.2 cm³/mol. The summed E-state index contributed by atoms with van der Waals surface area (Å²) in [6.07, 6.45) is 2.38. The maximum absolute atomic E-state index is 12.5. The van der Waals surface area contributed by atoms with E-state index in [0.717, 1.165) is 37.5 Å². The summed E-state index contributed by atoms with van der Waals surface area (Å²) < 4.78 is 5.06. The molecular formula is C16H23N3O3S. The molecule has 0 radical (unpaired) electrons. The summed E-state index contributed by atoms with van der Waals surface area (Å²) in [6, 6.07) is 2.14. The van der Waals surface area contributed by atoms with Crippen LogP contribution in [0.15, 0.2) is 6.07 Å². The second kappa shape index (κ2) is 6.88. The minimum absolute atomic E-state index is 0.121. The van der Waals surface area contributed by atoms with E-state index in [9.17, 15) is 9.59 Å². The number of carbonyl (C=O) groups excluding carboxylic acids is 2. The van der Waals surface area contributed by atoms with Crippen molar-refractivity contribution in [3.63, 3.8) is 0 Å². The van der Waals surface area contributed by atoms with Gasteiger partial charge in [0.05, 0.1) is 12.2 Å². The van der Waals surface area contributed by atoms with Gasteiger partial charge in [0.2, 0.25) is 0 Å². The SMILES string of the molecule is CCOC(=O)c1cc(C)sc1NC(=O)N1CCN2CCCC2C1. The molecule has 1 N–H and O–H groups in total. The van der Waals surface area contributed by atoms with Crippen molar-refractivity contribution in [2.75, 3.05) is 38.1 Å². The number of esters is 1. The lowest BCUT2D eigenvalue weighted by atomic mass is 10.2.